The minimum Gasteiger partial charge on any atom is -0.396 e. The lowest BCUT2D eigenvalue weighted by Gasteiger charge is -2.09. The van der Waals surface area contributed by atoms with Gasteiger partial charge in [-0.2, -0.15) is 0 Å². The fourth-order valence-electron chi connectivity index (χ4n) is 2.75. The fourth-order valence-corrected chi connectivity index (χ4v) is 3.83. The maximum atomic E-state index is 13.2. The first-order valence-electron chi connectivity index (χ1n) is 7.40. The average Bonchev–Trinajstić information content (AvgIpc) is 2.84. The summed E-state index contributed by atoms with van der Waals surface area (Å²) in [6.07, 6.45) is 0.503. The predicted octanol–water partition coefficient (Wildman–Crippen LogP) is 3.26. The number of hydrogen-bond donors (Lipinski definition) is 1. The van der Waals surface area contributed by atoms with Crippen LogP contribution in [0.4, 0.5) is 4.39 Å². The van der Waals surface area contributed by atoms with Gasteiger partial charge in [-0.1, -0.05) is 12.1 Å². The number of nitrogens with zero attached hydrogens (tertiary/aromatic N) is 2. The average molecular weight is 332 g/mol. The molecule has 3 aromatic rings. The Morgan fingerprint density at radius 2 is 1.96 bits per heavy atom. The highest BCUT2D eigenvalue weighted by atomic mass is 32.1. The molecule has 6 heteroatoms. The van der Waals surface area contributed by atoms with Crippen molar-refractivity contribution in [1.82, 2.24) is 9.55 Å². The zero-order chi connectivity index (χ0) is 16.6. The van der Waals surface area contributed by atoms with E-state index in [0.717, 1.165) is 16.0 Å². The van der Waals surface area contributed by atoms with Gasteiger partial charge in [0, 0.05) is 23.6 Å². The van der Waals surface area contributed by atoms with Crippen LogP contribution in [0.2, 0.25) is 0 Å². The molecule has 0 fully saturated rings. The van der Waals surface area contributed by atoms with E-state index in [1.54, 1.807) is 23.6 Å². The summed E-state index contributed by atoms with van der Waals surface area (Å²) in [4.78, 5) is 19.1. The molecule has 0 radical (unpaired) electrons. The molecule has 0 unspecified atom stereocenters. The number of fused-ring (bicyclic) bond motifs is 1. The van der Waals surface area contributed by atoms with E-state index in [4.69, 9.17) is 5.11 Å². The molecule has 0 aliphatic rings. The summed E-state index contributed by atoms with van der Waals surface area (Å²) in [7, 11) is 0. The molecule has 0 saturated carbocycles. The van der Waals surface area contributed by atoms with Gasteiger partial charge in [0.1, 0.15) is 16.5 Å². The maximum absolute atomic E-state index is 13.2. The molecular weight excluding hydrogens is 315 g/mol. The normalized spacial score (nSPS) is 11.3. The van der Waals surface area contributed by atoms with Gasteiger partial charge in [-0.15, -0.1) is 11.3 Å². The van der Waals surface area contributed by atoms with Crippen molar-refractivity contribution in [1.29, 1.82) is 0 Å². The van der Waals surface area contributed by atoms with Crippen molar-refractivity contribution in [3.63, 3.8) is 0 Å². The van der Waals surface area contributed by atoms with E-state index in [0.29, 0.717) is 29.0 Å². The Kier molecular flexibility index (Phi) is 4.28. The zero-order valence-corrected chi connectivity index (χ0v) is 13.8. The Morgan fingerprint density at radius 3 is 2.61 bits per heavy atom. The van der Waals surface area contributed by atoms with Crippen molar-refractivity contribution in [2.75, 3.05) is 6.61 Å². The van der Waals surface area contributed by atoms with Gasteiger partial charge in [0.15, 0.2) is 0 Å². The molecule has 2 aromatic heterocycles. The summed E-state index contributed by atoms with van der Waals surface area (Å²) < 4.78 is 14.8. The van der Waals surface area contributed by atoms with E-state index in [2.05, 4.69) is 4.98 Å². The van der Waals surface area contributed by atoms with Crippen molar-refractivity contribution in [3.8, 4) is 11.1 Å². The van der Waals surface area contributed by atoms with E-state index in [-0.39, 0.29) is 18.0 Å². The number of aliphatic hydroxyl groups excluding tert-OH is 1. The summed E-state index contributed by atoms with van der Waals surface area (Å²) >= 11 is 1.47. The molecule has 0 saturated heterocycles. The van der Waals surface area contributed by atoms with Crippen LogP contribution in [0.15, 0.2) is 29.1 Å². The SMILES string of the molecule is Cc1sc2nc(C)n(CCCO)c(=O)c2c1-c1ccc(F)cc1. The third kappa shape index (κ3) is 2.80. The number of rotatable bonds is 4. The summed E-state index contributed by atoms with van der Waals surface area (Å²) in [5.41, 5.74) is 1.52. The molecule has 23 heavy (non-hydrogen) atoms. The number of aromatic nitrogens is 2. The van der Waals surface area contributed by atoms with Gasteiger partial charge < -0.3 is 5.11 Å². The summed E-state index contributed by atoms with van der Waals surface area (Å²) in [6, 6.07) is 6.15. The molecule has 0 atom stereocenters. The van der Waals surface area contributed by atoms with Gasteiger partial charge in [-0.05, 0) is 38.0 Å². The lowest BCUT2D eigenvalue weighted by molar-refractivity contribution is 0.278. The van der Waals surface area contributed by atoms with Crippen LogP contribution in [0.1, 0.15) is 17.1 Å². The van der Waals surface area contributed by atoms with Crippen molar-refractivity contribution in [2.45, 2.75) is 26.8 Å². The van der Waals surface area contributed by atoms with E-state index < -0.39 is 0 Å². The number of halogens is 1. The van der Waals surface area contributed by atoms with Gasteiger partial charge in [0.25, 0.3) is 5.56 Å². The molecule has 2 heterocycles. The van der Waals surface area contributed by atoms with Crippen LogP contribution >= 0.6 is 11.3 Å². The highest BCUT2D eigenvalue weighted by Crippen LogP contribution is 2.35. The maximum Gasteiger partial charge on any atom is 0.262 e. The van der Waals surface area contributed by atoms with Crippen molar-refractivity contribution in [2.24, 2.45) is 0 Å². The monoisotopic (exact) mass is 332 g/mol. The zero-order valence-electron chi connectivity index (χ0n) is 13.0. The minimum atomic E-state index is -0.305. The standard InChI is InChI=1S/C17H17FN2O2S/c1-10-14(12-4-6-13(18)7-5-12)15-16(23-10)19-11(2)20(17(15)22)8-3-9-21/h4-7,21H,3,8-9H2,1-2H3. The number of aliphatic hydroxyl groups is 1. The molecule has 120 valence electrons. The summed E-state index contributed by atoms with van der Waals surface area (Å²) in [6.45, 7) is 4.20. The van der Waals surface area contributed by atoms with E-state index in [1.165, 1.54) is 23.5 Å². The van der Waals surface area contributed by atoms with Crippen LogP contribution in [-0.4, -0.2) is 21.3 Å². The van der Waals surface area contributed by atoms with Gasteiger partial charge >= 0.3 is 0 Å². The molecule has 1 aromatic carbocycles. The first kappa shape index (κ1) is 15.8. The molecule has 0 aliphatic carbocycles. The lowest BCUT2D eigenvalue weighted by Crippen LogP contribution is -2.24. The van der Waals surface area contributed by atoms with Crippen molar-refractivity contribution >= 4 is 21.6 Å². The molecule has 0 bridgehead atoms. The summed E-state index contributed by atoms with van der Waals surface area (Å²) in [5, 5.41) is 9.59. The van der Waals surface area contributed by atoms with E-state index in [9.17, 15) is 9.18 Å². The predicted molar refractivity (Wildman–Crippen MR) is 90.5 cm³/mol. The molecular formula is C17H17FN2O2S. The van der Waals surface area contributed by atoms with Gasteiger partial charge in [-0.25, -0.2) is 9.37 Å². The molecule has 1 N–H and O–H groups in total. The number of aryl methyl sites for hydroxylation is 2. The first-order chi connectivity index (χ1) is 11.0. The van der Waals surface area contributed by atoms with E-state index >= 15 is 0 Å². The third-order valence-corrected chi connectivity index (χ3v) is 4.85. The Morgan fingerprint density at radius 1 is 1.26 bits per heavy atom. The van der Waals surface area contributed by atoms with Crippen LogP contribution < -0.4 is 5.56 Å². The second-order valence-electron chi connectivity index (χ2n) is 5.41. The lowest BCUT2D eigenvalue weighted by atomic mass is 10.0. The number of thiophene rings is 1. The Hall–Kier alpha value is -2.05. The molecule has 3 rings (SSSR count). The molecule has 0 amide bonds. The first-order valence-corrected chi connectivity index (χ1v) is 8.22. The van der Waals surface area contributed by atoms with Crippen molar-refractivity contribution < 1.29 is 9.50 Å². The highest BCUT2D eigenvalue weighted by Gasteiger charge is 2.18. The van der Waals surface area contributed by atoms with Crippen LogP contribution in [0, 0.1) is 19.7 Å². The molecule has 4 nitrogen and oxygen atoms in total. The number of benzene rings is 1. The van der Waals surface area contributed by atoms with Gasteiger partial charge in [0.05, 0.1) is 5.39 Å². The largest absolute Gasteiger partial charge is 0.396 e. The minimum absolute atomic E-state index is 0.0252. The second-order valence-corrected chi connectivity index (χ2v) is 6.62. The number of hydrogen-bond acceptors (Lipinski definition) is 4. The molecule has 0 aliphatic heterocycles. The van der Waals surface area contributed by atoms with Gasteiger partial charge in [0.2, 0.25) is 0 Å². The smallest absolute Gasteiger partial charge is 0.262 e. The Labute approximate surface area is 136 Å². The highest BCUT2D eigenvalue weighted by molar-refractivity contribution is 7.19. The van der Waals surface area contributed by atoms with Gasteiger partial charge in [-0.3, -0.25) is 9.36 Å². The quantitative estimate of drug-likeness (QED) is 0.798. The van der Waals surface area contributed by atoms with E-state index in [1.807, 2.05) is 6.92 Å². The summed E-state index contributed by atoms with van der Waals surface area (Å²) in [5.74, 6) is 0.336. The topological polar surface area (TPSA) is 55.1 Å². The van der Waals surface area contributed by atoms with Crippen LogP contribution in [-0.2, 0) is 6.54 Å². The Bertz CT molecular complexity index is 913. The Balaban J connectivity index is 2.28. The third-order valence-electron chi connectivity index (χ3n) is 3.85. The second kappa shape index (κ2) is 6.22. The van der Waals surface area contributed by atoms with Crippen LogP contribution in [0.5, 0.6) is 0 Å². The van der Waals surface area contributed by atoms with Crippen LogP contribution in [0.3, 0.4) is 0 Å². The van der Waals surface area contributed by atoms with Crippen molar-refractivity contribution in [3.05, 3.63) is 51.1 Å². The van der Waals surface area contributed by atoms with Crippen LogP contribution in [0.25, 0.3) is 21.3 Å². The fraction of sp³-hybridized carbons (Fsp3) is 0.294. The molecule has 0 spiro atoms.